The van der Waals surface area contributed by atoms with Crippen LogP contribution in [-0.2, 0) is 6.54 Å². The molecule has 31 heavy (non-hydrogen) atoms. The fourth-order valence-corrected chi connectivity index (χ4v) is 4.16. The summed E-state index contributed by atoms with van der Waals surface area (Å²) in [5.41, 5.74) is 1.09. The molecule has 1 aromatic heterocycles. The minimum absolute atomic E-state index is 0.00508. The van der Waals surface area contributed by atoms with Crippen LogP contribution in [0, 0.1) is 0 Å². The van der Waals surface area contributed by atoms with Crippen molar-refractivity contribution < 1.29 is 9.59 Å². The van der Waals surface area contributed by atoms with Gasteiger partial charge in [0.1, 0.15) is 0 Å². The van der Waals surface area contributed by atoms with Crippen LogP contribution < -0.4 is 5.32 Å². The number of carbonyl (C=O) groups excluding carboxylic acids is 2. The normalized spacial score (nSPS) is 11.7. The molecule has 1 heterocycles. The number of hydrogen-bond donors (Lipinski definition) is 1. The van der Waals surface area contributed by atoms with Crippen molar-refractivity contribution in [2.75, 3.05) is 5.75 Å². The van der Waals surface area contributed by atoms with E-state index in [2.05, 4.69) is 38.0 Å². The molecule has 1 amide bonds. The van der Waals surface area contributed by atoms with Gasteiger partial charge in [0.25, 0.3) is 5.91 Å². The number of benzene rings is 2. The average molecular weight is 520 g/mol. The molecule has 3 rings (SSSR count). The van der Waals surface area contributed by atoms with Crippen LogP contribution in [0.4, 0.5) is 0 Å². The fourth-order valence-electron chi connectivity index (χ4n) is 2.85. The number of nitrogens with one attached hydrogen (secondary N) is 1. The van der Waals surface area contributed by atoms with Gasteiger partial charge in [0.2, 0.25) is 0 Å². The predicted molar refractivity (Wildman–Crippen MR) is 127 cm³/mol. The Morgan fingerprint density at radius 3 is 2.65 bits per heavy atom. The van der Waals surface area contributed by atoms with Gasteiger partial charge >= 0.3 is 0 Å². The summed E-state index contributed by atoms with van der Waals surface area (Å²) < 4.78 is 2.76. The molecule has 0 aliphatic carbocycles. The van der Waals surface area contributed by atoms with E-state index < -0.39 is 6.04 Å². The molecule has 0 fully saturated rings. The van der Waals surface area contributed by atoms with Gasteiger partial charge in [-0.05, 0) is 37.3 Å². The van der Waals surface area contributed by atoms with E-state index in [0.717, 1.165) is 4.47 Å². The average Bonchev–Trinajstić information content (AvgIpc) is 3.15. The third-order valence-corrected chi connectivity index (χ3v) is 6.11. The van der Waals surface area contributed by atoms with Crippen molar-refractivity contribution >= 4 is 51.0 Å². The van der Waals surface area contributed by atoms with Crippen molar-refractivity contribution in [2.24, 2.45) is 0 Å². The number of allylic oxidation sites excluding steroid dienone is 1. The lowest BCUT2D eigenvalue weighted by molar-refractivity contribution is 0.0937. The maximum Gasteiger partial charge on any atom is 0.251 e. The summed E-state index contributed by atoms with van der Waals surface area (Å²) in [7, 11) is 0. The highest BCUT2D eigenvalue weighted by molar-refractivity contribution is 9.10. The Hall–Kier alpha value is -2.42. The van der Waals surface area contributed by atoms with Crippen molar-refractivity contribution in [3.8, 4) is 0 Å². The number of hydrogen-bond acceptors (Lipinski definition) is 5. The molecule has 6 nitrogen and oxygen atoms in total. The van der Waals surface area contributed by atoms with Crippen LogP contribution >= 0.6 is 39.3 Å². The van der Waals surface area contributed by atoms with Crippen LogP contribution in [-0.4, -0.2) is 32.2 Å². The van der Waals surface area contributed by atoms with Gasteiger partial charge in [-0.1, -0.05) is 63.6 Å². The maximum atomic E-state index is 12.6. The van der Waals surface area contributed by atoms with E-state index in [9.17, 15) is 9.59 Å². The van der Waals surface area contributed by atoms with Crippen molar-refractivity contribution in [1.29, 1.82) is 0 Å². The van der Waals surface area contributed by atoms with Gasteiger partial charge in [0, 0.05) is 27.2 Å². The van der Waals surface area contributed by atoms with Crippen molar-refractivity contribution in [1.82, 2.24) is 20.1 Å². The molecule has 3 aromatic rings. The molecule has 0 bridgehead atoms. The molecule has 0 aliphatic heterocycles. The summed E-state index contributed by atoms with van der Waals surface area (Å²) in [6, 6.07) is 13.5. The summed E-state index contributed by atoms with van der Waals surface area (Å²) in [4.78, 5) is 25.0. The highest BCUT2D eigenvalue weighted by Gasteiger charge is 2.20. The Balaban J connectivity index is 1.71. The van der Waals surface area contributed by atoms with Gasteiger partial charge < -0.3 is 9.88 Å². The summed E-state index contributed by atoms with van der Waals surface area (Å²) in [5.74, 6) is 0.534. The number of rotatable bonds is 9. The number of thioether (sulfide) groups is 1. The van der Waals surface area contributed by atoms with Crippen molar-refractivity contribution in [3.05, 3.63) is 87.6 Å². The van der Waals surface area contributed by atoms with Crippen molar-refractivity contribution in [2.45, 2.75) is 24.7 Å². The zero-order valence-electron chi connectivity index (χ0n) is 16.7. The topological polar surface area (TPSA) is 76.9 Å². The monoisotopic (exact) mass is 518 g/mol. The second-order valence-electron chi connectivity index (χ2n) is 6.66. The molecule has 2 aromatic carbocycles. The Kier molecular flexibility index (Phi) is 8.06. The molecule has 0 saturated carbocycles. The smallest absolute Gasteiger partial charge is 0.251 e. The molecule has 9 heteroatoms. The van der Waals surface area contributed by atoms with E-state index in [4.69, 9.17) is 11.6 Å². The van der Waals surface area contributed by atoms with Crippen LogP contribution in [0.3, 0.4) is 0 Å². The van der Waals surface area contributed by atoms with E-state index in [1.807, 2.05) is 23.6 Å². The van der Waals surface area contributed by atoms with E-state index >= 15 is 0 Å². The first kappa shape index (κ1) is 23.2. The largest absolute Gasteiger partial charge is 0.342 e. The van der Waals surface area contributed by atoms with E-state index in [1.54, 1.807) is 42.5 Å². The number of Topliss-reactive ketones (excluding diaryl/α,β-unsaturated/α-hetero) is 1. The van der Waals surface area contributed by atoms with Crippen LogP contribution in [0.5, 0.6) is 0 Å². The van der Waals surface area contributed by atoms with Crippen LogP contribution in [0.15, 0.2) is 70.8 Å². The van der Waals surface area contributed by atoms with E-state index in [1.165, 1.54) is 11.8 Å². The third kappa shape index (κ3) is 6.06. The van der Waals surface area contributed by atoms with Crippen LogP contribution in [0.25, 0.3) is 0 Å². The quantitative estimate of drug-likeness (QED) is 0.234. The highest BCUT2D eigenvalue weighted by Crippen LogP contribution is 2.23. The molecular formula is C22H20BrClN4O2S. The minimum Gasteiger partial charge on any atom is -0.342 e. The van der Waals surface area contributed by atoms with Gasteiger partial charge in [0.05, 0.1) is 11.8 Å². The van der Waals surface area contributed by atoms with Gasteiger partial charge in [0.15, 0.2) is 16.8 Å². The Morgan fingerprint density at radius 1 is 1.23 bits per heavy atom. The second-order valence-corrected chi connectivity index (χ2v) is 8.96. The Labute approximate surface area is 198 Å². The first-order chi connectivity index (χ1) is 14.9. The number of halogens is 2. The van der Waals surface area contributed by atoms with E-state index in [-0.39, 0.29) is 17.4 Å². The fraction of sp³-hybridized carbons (Fsp3) is 0.182. The summed E-state index contributed by atoms with van der Waals surface area (Å²) in [5, 5.41) is 12.5. The van der Waals surface area contributed by atoms with Gasteiger partial charge in [-0.15, -0.1) is 16.8 Å². The highest BCUT2D eigenvalue weighted by atomic mass is 79.9. The third-order valence-electron chi connectivity index (χ3n) is 4.38. The standard InChI is InChI=1S/C22H20BrClN4O2S/c1-3-11-28-20(14(2)25-21(30)16-5-4-6-18(24)12-16)26-27-22(28)31-13-19(29)15-7-9-17(23)10-8-15/h3-10,12,14H,1,11,13H2,2H3,(H,25,30)/t14-/m0/s1. The lowest BCUT2D eigenvalue weighted by Gasteiger charge is -2.15. The number of amides is 1. The Morgan fingerprint density at radius 2 is 1.97 bits per heavy atom. The number of nitrogens with zero attached hydrogens (tertiary/aromatic N) is 3. The number of ketones is 1. The van der Waals surface area contributed by atoms with Gasteiger partial charge in [-0.25, -0.2) is 0 Å². The molecule has 0 saturated heterocycles. The maximum absolute atomic E-state index is 12.6. The number of carbonyl (C=O) groups is 2. The first-order valence-electron chi connectivity index (χ1n) is 9.41. The summed E-state index contributed by atoms with van der Waals surface area (Å²) in [6.07, 6.45) is 1.72. The second kappa shape index (κ2) is 10.7. The molecule has 0 spiro atoms. The number of aromatic nitrogens is 3. The lowest BCUT2D eigenvalue weighted by Crippen LogP contribution is -2.28. The molecule has 1 atom stereocenters. The van der Waals surface area contributed by atoms with Crippen LogP contribution in [0.2, 0.25) is 5.02 Å². The molecule has 0 unspecified atom stereocenters. The van der Waals surface area contributed by atoms with Gasteiger partial charge in [-0.3, -0.25) is 9.59 Å². The minimum atomic E-state index is -0.407. The summed E-state index contributed by atoms with van der Waals surface area (Å²) >= 11 is 10.6. The lowest BCUT2D eigenvalue weighted by atomic mass is 10.2. The zero-order chi connectivity index (χ0) is 22.4. The summed E-state index contributed by atoms with van der Waals surface area (Å²) in [6.45, 7) is 6.07. The Bertz CT molecular complexity index is 1100. The molecule has 0 aliphatic rings. The van der Waals surface area contributed by atoms with Gasteiger partial charge in [-0.2, -0.15) is 0 Å². The SMILES string of the molecule is C=CCn1c(SCC(=O)c2ccc(Br)cc2)nnc1[C@H](C)NC(=O)c1cccc(Cl)c1. The zero-order valence-corrected chi connectivity index (χ0v) is 19.9. The first-order valence-corrected chi connectivity index (χ1v) is 11.6. The predicted octanol–water partition coefficient (Wildman–Crippen LogP) is 5.35. The van der Waals surface area contributed by atoms with Crippen LogP contribution in [0.1, 0.15) is 39.5 Å². The van der Waals surface area contributed by atoms with Crippen molar-refractivity contribution in [3.63, 3.8) is 0 Å². The molecule has 0 radical (unpaired) electrons. The van der Waals surface area contributed by atoms with E-state index in [0.29, 0.717) is 33.7 Å². The molecule has 160 valence electrons. The molecule has 1 N–H and O–H groups in total. The molecular weight excluding hydrogens is 500 g/mol.